The van der Waals surface area contributed by atoms with Crippen molar-refractivity contribution in [1.29, 1.82) is 0 Å². The standard InChI is InChI=1S/C19H18N2O7/c1-11(12-3-5-14(16(7-12)25-2)26-9-18(22)23)20-21-19(24)13-4-6-15-17(8-13)28-10-27-15/h3-8H,9-10H2,1-2H3,(H,21,24)(H,22,23)/b20-11-. The zero-order valence-corrected chi connectivity index (χ0v) is 15.2. The number of hydrazone groups is 1. The first-order valence-corrected chi connectivity index (χ1v) is 8.25. The lowest BCUT2D eigenvalue weighted by Crippen LogP contribution is -2.19. The first-order valence-electron chi connectivity index (χ1n) is 8.25. The van der Waals surface area contributed by atoms with Crippen LogP contribution in [0.25, 0.3) is 0 Å². The van der Waals surface area contributed by atoms with Crippen molar-refractivity contribution in [3.05, 3.63) is 47.5 Å². The van der Waals surface area contributed by atoms with E-state index in [1.165, 1.54) is 7.11 Å². The van der Waals surface area contributed by atoms with Crippen molar-refractivity contribution in [2.24, 2.45) is 5.10 Å². The molecule has 0 saturated heterocycles. The Morgan fingerprint density at radius 2 is 1.86 bits per heavy atom. The summed E-state index contributed by atoms with van der Waals surface area (Å²) in [5, 5.41) is 12.8. The molecule has 0 radical (unpaired) electrons. The highest BCUT2D eigenvalue weighted by molar-refractivity contribution is 6.01. The number of fused-ring (bicyclic) bond motifs is 1. The molecule has 2 N–H and O–H groups in total. The number of hydrogen-bond donors (Lipinski definition) is 2. The Morgan fingerprint density at radius 3 is 2.61 bits per heavy atom. The van der Waals surface area contributed by atoms with E-state index >= 15 is 0 Å². The summed E-state index contributed by atoms with van der Waals surface area (Å²) in [5.74, 6) is 0.269. The van der Waals surface area contributed by atoms with Gasteiger partial charge in [0.2, 0.25) is 6.79 Å². The molecule has 2 aromatic carbocycles. The summed E-state index contributed by atoms with van der Waals surface area (Å²) >= 11 is 0. The molecule has 0 atom stereocenters. The van der Waals surface area contributed by atoms with Gasteiger partial charge in [-0.1, -0.05) is 0 Å². The third-order valence-electron chi connectivity index (χ3n) is 3.89. The fourth-order valence-electron chi connectivity index (χ4n) is 2.45. The molecule has 0 fully saturated rings. The van der Waals surface area contributed by atoms with Crippen LogP contribution in [-0.2, 0) is 4.79 Å². The van der Waals surface area contributed by atoms with E-state index < -0.39 is 18.5 Å². The number of carboxylic acid groups (broad SMARTS) is 1. The van der Waals surface area contributed by atoms with Gasteiger partial charge in [-0.05, 0) is 43.3 Å². The number of carboxylic acids is 1. The van der Waals surface area contributed by atoms with Gasteiger partial charge in [-0.3, -0.25) is 4.79 Å². The van der Waals surface area contributed by atoms with Crippen LogP contribution >= 0.6 is 0 Å². The largest absolute Gasteiger partial charge is 0.493 e. The minimum Gasteiger partial charge on any atom is -0.493 e. The SMILES string of the molecule is COc1cc(/C(C)=N\NC(=O)c2ccc3c(c2)OCO3)ccc1OCC(=O)O. The number of ether oxygens (including phenoxy) is 4. The molecule has 0 unspecified atom stereocenters. The summed E-state index contributed by atoms with van der Waals surface area (Å²) in [6.45, 7) is 1.37. The lowest BCUT2D eigenvalue weighted by Gasteiger charge is -2.11. The number of carbonyl (C=O) groups is 2. The number of aliphatic carboxylic acids is 1. The number of benzene rings is 2. The zero-order valence-electron chi connectivity index (χ0n) is 15.2. The second-order valence-corrected chi connectivity index (χ2v) is 5.75. The van der Waals surface area contributed by atoms with Crippen molar-refractivity contribution in [2.45, 2.75) is 6.92 Å². The average molecular weight is 386 g/mol. The second-order valence-electron chi connectivity index (χ2n) is 5.75. The van der Waals surface area contributed by atoms with Gasteiger partial charge in [0.15, 0.2) is 29.6 Å². The van der Waals surface area contributed by atoms with Gasteiger partial charge in [-0.25, -0.2) is 10.2 Å². The monoisotopic (exact) mass is 386 g/mol. The molecule has 0 saturated carbocycles. The second kappa shape index (κ2) is 8.30. The topological polar surface area (TPSA) is 116 Å². The summed E-state index contributed by atoms with van der Waals surface area (Å²) in [4.78, 5) is 22.9. The first kappa shape index (κ1) is 19.0. The molecule has 9 heteroatoms. The highest BCUT2D eigenvalue weighted by atomic mass is 16.7. The van der Waals surface area contributed by atoms with Crippen molar-refractivity contribution in [3.8, 4) is 23.0 Å². The summed E-state index contributed by atoms with van der Waals surface area (Å²) in [7, 11) is 1.45. The molecule has 146 valence electrons. The predicted octanol–water partition coefficient (Wildman–Crippen LogP) is 2.04. The van der Waals surface area contributed by atoms with Gasteiger partial charge in [-0.15, -0.1) is 0 Å². The number of amides is 1. The predicted molar refractivity (Wildman–Crippen MR) is 98.4 cm³/mol. The molecule has 28 heavy (non-hydrogen) atoms. The molecule has 2 aromatic rings. The highest BCUT2D eigenvalue weighted by Gasteiger charge is 2.16. The van der Waals surface area contributed by atoms with E-state index in [4.69, 9.17) is 24.1 Å². The van der Waals surface area contributed by atoms with E-state index in [-0.39, 0.29) is 6.79 Å². The Labute approximate surface area is 160 Å². The van der Waals surface area contributed by atoms with Crippen LogP contribution in [0.5, 0.6) is 23.0 Å². The zero-order chi connectivity index (χ0) is 20.1. The summed E-state index contributed by atoms with van der Waals surface area (Å²) in [5.41, 5.74) is 4.07. The van der Waals surface area contributed by atoms with Crippen LogP contribution in [0.4, 0.5) is 0 Å². The Bertz CT molecular complexity index is 940. The number of nitrogens with zero attached hydrogens (tertiary/aromatic N) is 1. The van der Waals surface area contributed by atoms with Crippen LogP contribution in [0.3, 0.4) is 0 Å². The average Bonchev–Trinajstić information content (AvgIpc) is 3.17. The Morgan fingerprint density at radius 1 is 1.11 bits per heavy atom. The van der Waals surface area contributed by atoms with Crippen LogP contribution in [0.2, 0.25) is 0 Å². The number of methoxy groups -OCH3 is 1. The fraction of sp³-hybridized carbons (Fsp3) is 0.211. The maximum Gasteiger partial charge on any atom is 0.341 e. The third-order valence-corrected chi connectivity index (χ3v) is 3.89. The van der Waals surface area contributed by atoms with Gasteiger partial charge in [-0.2, -0.15) is 5.10 Å². The van der Waals surface area contributed by atoms with Crippen LogP contribution in [0.15, 0.2) is 41.5 Å². The number of hydrogen-bond acceptors (Lipinski definition) is 7. The maximum absolute atomic E-state index is 12.3. The lowest BCUT2D eigenvalue weighted by atomic mass is 10.1. The van der Waals surface area contributed by atoms with E-state index in [0.717, 1.165) is 0 Å². The van der Waals surface area contributed by atoms with E-state index in [1.807, 2.05) is 0 Å². The van der Waals surface area contributed by atoms with Crippen LogP contribution < -0.4 is 24.4 Å². The minimum absolute atomic E-state index is 0.131. The Hall–Kier alpha value is -3.75. The molecule has 0 bridgehead atoms. The van der Waals surface area contributed by atoms with Gasteiger partial charge in [0.1, 0.15) is 0 Å². The van der Waals surface area contributed by atoms with E-state index in [2.05, 4.69) is 10.5 Å². The van der Waals surface area contributed by atoms with E-state index in [0.29, 0.717) is 39.8 Å². The molecule has 1 amide bonds. The van der Waals surface area contributed by atoms with Crippen LogP contribution in [0, 0.1) is 0 Å². The number of carbonyl (C=O) groups excluding carboxylic acids is 1. The van der Waals surface area contributed by atoms with Crippen molar-refractivity contribution >= 4 is 17.6 Å². The summed E-state index contributed by atoms with van der Waals surface area (Å²) < 4.78 is 20.9. The van der Waals surface area contributed by atoms with Gasteiger partial charge in [0.05, 0.1) is 12.8 Å². The molecule has 1 aliphatic rings. The molecule has 1 aliphatic heterocycles. The Balaban J connectivity index is 1.70. The molecule has 0 aromatic heterocycles. The quantitative estimate of drug-likeness (QED) is 0.553. The summed E-state index contributed by atoms with van der Waals surface area (Å²) in [6.07, 6.45) is 0. The first-order chi connectivity index (χ1) is 13.5. The molecule has 0 spiro atoms. The molecular weight excluding hydrogens is 368 g/mol. The van der Waals surface area contributed by atoms with Crippen molar-refractivity contribution in [3.63, 3.8) is 0 Å². The number of nitrogens with one attached hydrogen (secondary N) is 1. The van der Waals surface area contributed by atoms with Gasteiger partial charge in [0.25, 0.3) is 5.91 Å². The molecule has 9 nitrogen and oxygen atoms in total. The summed E-state index contributed by atoms with van der Waals surface area (Å²) in [6, 6.07) is 9.77. The highest BCUT2D eigenvalue weighted by Crippen LogP contribution is 2.32. The van der Waals surface area contributed by atoms with Gasteiger partial charge < -0.3 is 24.1 Å². The third kappa shape index (κ3) is 4.32. The number of rotatable bonds is 7. The molecule has 1 heterocycles. The van der Waals surface area contributed by atoms with Crippen molar-refractivity contribution < 1.29 is 33.6 Å². The van der Waals surface area contributed by atoms with E-state index in [9.17, 15) is 9.59 Å². The maximum atomic E-state index is 12.3. The van der Waals surface area contributed by atoms with E-state index in [1.54, 1.807) is 43.3 Å². The molecule has 3 rings (SSSR count). The van der Waals surface area contributed by atoms with Crippen LogP contribution in [0.1, 0.15) is 22.8 Å². The molecule has 0 aliphatic carbocycles. The van der Waals surface area contributed by atoms with Gasteiger partial charge >= 0.3 is 5.97 Å². The molecular formula is C19H18N2O7. The van der Waals surface area contributed by atoms with Crippen molar-refractivity contribution in [1.82, 2.24) is 5.43 Å². The normalized spacial score (nSPS) is 12.4. The van der Waals surface area contributed by atoms with Crippen molar-refractivity contribution in [2.75, 3.05) is 20.5 Å². The minimum atomic E-state index is -1.09. The fourth-order valence-corrected chi connectivity index (χ4v) is 2.45. The smallest absolute Gasteiger partial charge is 0.341 e. The van der Waals surface area contributed by atoms with Crippen LogP contribution in [-0.4, -0.2) is 43.2 Å². The van der Waals surface area contributed by atoms with Gasteiger partial charge in [0, 0.05) is 11.1 Å². The lowest BCUT2D eigenvalue weighted by molar-refractivity contribution is -0.139. The Kier molecular flexibility index (Phi) is 5.64.